The lowest BCUT2D eigenvalue weighted by molar-refractivity contribution is 0.0379. The van der Waals surface area contributed by atoms with Gasteiger partial charge in [-0.1, -0.05) is 11.6 Å². The number of aromatic nitrogens is 2. The highest BCUT2D eigenvalue weighted by Gasteiger charge is 2.20. The smallest absolute Gasteiger partial charge is 0.342 e. The van der Waals surface area contributed by atoms with Crippen LogP contribution in [0.15, 0.2) is 30.5 Å². The topological polar surface area (TPSA) is 82.6 Å². The number of carbonyl (C=O) groups is 1. The van der Waals surface area contributed by atoms with Gasteiger partial charge in [0.25, 0.3) is 0 Å². The lowest BCUT2D eigenvalue weighted by Crippen LogP contribution is -2.14. The molecule has 0 spiro atoms. The molecule has 0 bridgehead atoms. The molecule has 0 amide bonds. The summed E-state index contributed by atoms with van der Waals surface area (Å²) in [7, 11) is 3.06. The number of hydrogen-bond donors (Lipinski definition) is 1. The van der Waals surface area contributed by atoms with Crippen LogP contribution >= 0.6 is 11.6 Å². The number of halogens is 1. The van der Waals surface area contributed by atoms with Gasteiger partial charge in [-0.2, -0.15) is 0 Å². The van der Waals surface area contributed by atoms with Crippen LogP contribution in [0.25, 0.3) is 11.0 Å². The molecule has 0 aliphatic heterocycles. The summed E-state index contributed by atoms with van der Waals surface area (Å²) in [5, 5.41) is 4.35. The number of nitrogens with one attached hydrogen (secondary N) is 1. The highest BCUT2D eigenvalue weighted by atomic mass is 35.5. The number of benzene rings is 1. The second kappa shape index (κ2) is 8.53. The average molecular weight is 416 g/mol. The van der Waals surface area contributed by atoms with Crippen LogP contribution in [-0.2, 0) is 4.74 Å². The molecule has 152 valence electrons. The van der Waals surface area contributed by atoms with Crippen molar-refractivity contribution in [2.24, 2.45) is 0 Å². The third-order valence-electron chi connectivity index (χ3n) is 4.17. The number of carbonyl (C=O) groups excluding carboxylic acids is 1. The maximum Gasteiger partial charge on any atom is 0.342 e. The molecule has 3 rings (SSSR count). The van der Waals surface area contributed by atoms with Crippen molar-refractivity contribution in [1.82, 2.24) is 9.97 Å². The Labute approximate surface area is 174 Å². The quantitative estimate of drug-likeness (QED) is 0.572. The van der Waals surface area contributed by atoms with Crippen molar-refractivity contribution in [3.8, 4) is 11.5 Å². The second-order valence-electron chi connectivity index (χ2n) is 6.64. The standard InChI is InChI=1S/C21H22ClN3O4/c1-11(2)29-21(26)14-10-23-20-13(7-6-12(3)24-20)19(14)25-16-9-17(27-4)15(22)8-18(16)28-5/h6-11H,1-5H3,(H,23,24,25). The summed E-state index contributed by atoms with van der Waals surface area (Å²) in [6.45, 7) is 5.46. The van der Waals surface area contributed by atoms with Crippen LogP contribution in [-0.4, -0.2) is 36.3 Å². The second-order valence-corrected chi connectivity index (χ2v) is 7.04. The van der Waals surface area contributed by atoms with Gasteiger partial charge in [0, 0.05) is 29.4 Å². The Bertz CT molecular complexity index is 1070. The van der Waals surface area contributed by atoms with Crippen molar-refractivity contribution in [1.29, 1.82) is 0 Å². The first-order chi connectivity index (χ1) is 13.8. The lowest BCUT2D eigenvalue weighted by Gasteiger charge is -2.18. The molecule has 7 nitrogen and oxygen atoms in total. The Morgan fingerprint density at radius 3 is 2.52 bits per heavy atom. The zero-order valence-electron chi connectivity index (χ0n) is 16.9. The van der Waals surface area contributed by atoms with E-state index in [4.69, 9.17) is 25.8 Å². The number of aryl methyl sites for hydroxylation is 1. The maximum atomic E-state index is 12.7. The molecule has 29 heavy (non-hydrogen) atoms. The van der Waals surface area contributed by atoms with E-state index >= 15 is 0 Å². The first-order valence-electron chi connectivity index (χ1n) is 9.00. The molecule has 0 radical (unpaired) electrons. The van der Waals surface area contributed by atoms with E-state index in [1.807, 2.05) is 19.1 Å². The van der Waals surface area contributed by atoms with Gasteiger partial charge < -0.3 is 19.5 Å². The van der Waals surface area contributed by atoms with Crippen LogP contribution in [0.2, 0.25) is 5.02 Å². The number of methoxy groups -OCH3 is 2. The van der Waals surface area contributed by atoms with Crippen LogP contribution in [0.4, 0.5) is 11.4 Å². The summed E-state index contributed by atoms with van der Waals surface area (Å²) < 4.78 is 16.1. The number of hydrogen-bond acceptors (Lipinski definition) is 7. The SMILES string of the molecule is COc1cc(Nc2c(C(=O)OC(C)C)cnc3nc(C)ccc23)c(OC)cc1Cl. The molecular formula is C21H22ClN3O4. The third kappa shape index (κ3) is 4.35. The fourth-order valence-electron chi connectivity index (χ4n) is 2.83. The highest BCUT2D eigenvalue weighted by molar-refractivity contribution is 6.32. The molecule has 3 aromatic rings. The van der Waals surface area contributed by atoms with Crippen molar-refractivity contribution < 1.29 is 19.0 Å². The molecule has 0 atom stereocenters. The molecule has 2 heterocycles. The molecule has 8 heteroatoms. The normalized spacial score (nSPS) is 10.9. The summed E-state index contributed by atoms with van der Waals surface area (Å²) in [6, 6.07) is 7.05. The predicted molar refractivity (Wildman–Crippen MR) is 113 cm³/mol. The Hall–Kier alpha value is -3.06. The average Bonchev–Trinajstić information content (AvgIpc) is 2.68. The number of esters is 1. The summed E-state index contributed by atoms with van der Waals surface area (Å²) >= 11 is 6.21. The molecular weight excluding hydrogens is 394 g/mol. The predicted octanol–water partition coefficient (Wildman–Crippen LogP) is 4.92. The van der Waals surface area contributed by atoms with Crippen molar-refractivity contribution in [3.05, 3.63) is 46.7 Å². The van der Waals surface area contributed by atoms with Crippen LogP contribution in [0.1, 0.15) is 29.9 Å². The fourth-order valence-corrected chi connectivity index (χ4v) is 3.06. The van der Waals surface area contributed by atoms with E-state index in [0.717, 1.165) is 5.69 Å². The zero-order valence-corrected chi connectivity index (χ0v) is 17.6. The van der Waals surface area contributed by atoms with E-state index in [1.165, 1.54) is 20.4 Å². The molecule has 0 fully saturated rings. The van der Waals surface area contributed by atoms with Gasteiger partial charge in [-0.3, -0.25) is 0 Å². The van der Waals surface area contributed by atoms with Crippen LogP contribution < -0.4 is 14.8 Å². The van der Waals surface area contributed by atoms with Gasteiger partial charge in [-0.25, -0.2) is 14.8 Å². The van der Waals surface area contributed by atoms with Crippen molar-refractivity contribution >= 4 is 40.0 Å². The van der Waals surface area contributed by atoms with Crippen LogP contribution in [0, 0.1) is 6.92 Å². The van der Waals surface area contributed by atoms with Crippen LogP contribution in [0.3, 0.4) is 0 Å². The number of pyridine rings is 2. The van der Waals surface area contributed by atoms with Crippen molar-refractivity contribution in [2.45, 2.75) is 26.9 Å². The summed E-state index contributed by atoms with van der Waals surface area (Å²) in [6.07, 6.45) is 1.19. The van der Waals surface area contributed by atoms with E-state index in [-0.39, 0.29) is 11.7 Å². The molecule has 0 unspecified atom stereocenters. The van der Waals surface area contributed by atoms with Gasteiger partial charge >= 0.3 is 5.97 Å². The third-order valence-corrected chi connectivity index (χ3v) is 4.46. The maximum absolute atomic E-state index is 12.7. The van der Waals surface area contributed by atoms with E-state index in [0.29, 0.717) is 38.9 Å². The number of anilines is 2. The molecule has 0 aliphatic rings. The number of fused-ring (bicyclic) bond motifs is 1. The minimum Gasteiger partial charge on any atom is -0.495 e. The largest absolute Gasteiger partial charge is 0.495 e. The summed E-state index contributed by atoms with van der Waals surface area (Å²) in [4.78, 5) is 21.5. The molecule has 2 aromatic heterocycles. The van der Waals surface area contributed by atoms with Gasteiger partial charge in [0.15, 0.2) is 5.65 Å². The van der Waals surface area contributed by atoms with Gasteiger partial charge in [0.1, 0.15) is 17.1 Å². The van der Waals surface area contributed by atoms with Gasteiger partial charge in [-0.15, -0.1) is 0 Å². The van der Waals surface area contributed by atoms with E-state index in [2.05, 4.69) is 15.3 Å². The molecule has 1 aromatic carbocycles. The minimum atomic E-state index is -0.489. The van der Waals surface area contributed by atoms with Crippen LogP contribution in [0.5, 0.6) is 11.5 Å². The van der Waals surface area contributed by atoms with E-state index < -0.39 is 5.97 Å². The van der Waals surface area contributed by atoms with Gasteiger partial charge in [-0.05, 0) is 32.9 Å². The fraction of sp³-hybridized carbons (Fsp3) is 0.286. The summed E-state index contributed by atoms with van der Waals surface area (Å²) in [5.41, 5.74) is 2.69. The molecule has 0 aliphatic carbocycles. The Balaban J connectivity index is 2.20. The highest BCUT2D eigenvalue weighted by Crippen LogP contribution is 2.39. The Kier molecular flexibility index (Phi) is 6.08. The van der Waals surface area contributed by atoms with E-state index in [9.17, 15) is 4.79 Å². The first-order valence-corrected chi connectivity index (χ1v) is 9.37. The Morgan fingerprint density at radius 2 is 1.86 bits per heavy atom. The first kappa shape index (κ1) is 20.7. The van der Waals surface area contributed by atoms with Gasteiger partial charge in [0.05, 0.1) is 36.7 Å². The van der Waals surface area contributed by atoms with Crippen molar-refractivity contribution in [2.75, 3.05) is 19.5 Å². The van der Waals surface area contributed by atoms with E-state index in [1.54, 1.807) is 26.0 Å². The number of ether oxygens (including phenoxy) is 3. The Morgan fingerprint density at radius 1 is 1.14 bits per heavy atom. The molecule has 1 N–H and O–H groups in total. The van der Waals surface area contributed by atoms with Gasteiger partial charge in [0.2, 0.25) is 0 Å². The lowest BCUT2D eigenvalue weighted by atomic mass is 10.1. The zero-order chi connectivity index (χ0) is 21.1. The minimum absolute atomic E-state index is 0.271. The number of nitrogens with zero attached hydrogens (tertiary/aromatic N) is 2. The monoisotopic (exact) mass is 415 g/mol. The number of rotatable bonds is 6. The van der Waals surface area contributed by atoms with Crippen molar-refractivity contribution in [3.63, 3.8) is 0 Å². The molecule has 0 saturated heterocycles. The molecule has 0 saturated carbocycles. The summed E-state index contributed by atoms with van der Waals surface area (Å²) in [5.74, 6) is 0.468.